The number of carbonyl (C=O) groups is 3. The van der Waals surface area contributed by atoms with E-state index in [-0.39, 0.29) is 46.4 Å². The lowest BCUT2D eigenvalue weighted by Crippen LogP contribution is -2.57. The summed E-state index contributed by atoms with van der Waals surface area (Å²) in [7, 11) is 2.98. The number of nitrogens with zero attached hydrogens (tertiary/aromatic N) is 1. The van der Waals surface area contributed by atoms with Crippen LogP contribution >= 0.6 is 0 Å². The molecule has 0 radical (unpaired) electrons. The van der Waals surface area contributed by atoms with Gasteiger partial charge in [0, 0.05) is 62.4 Å². The Morgan fingerprint density at radius 3 is 2.46 bits per heavy atom. The Morgan fingerprint density at radius 2 is 1.78 bits per heavy atom. The highest BCUT2D eigenvalue weighted by Crippen LogP contribution is 2.51. The van der Waals surface area contributed by atoms with Crippen molar-refractivity contribution in [2.75, 3.05) is 47.1 Å². The highest BCUT2D eigenvalue weighted by molar-refractivity contribution is 6.31. The molecule has 2 heterocycles. The number of hydrogen-bond donors (Lipinski definition) is 6. The Hall–Kier alpha value is -3.47. The first-order chi connectivity index (χ1) is 21.9. The maximum absolute atomic E-state index is 13.2. The number of methoxy groups -OCH3 is 2. The molecule has 2 saturated heterocycles. The normalized spacial score (nSPS) is 29.2. The van der Waals surface area contributed by atoms with Gasteiger partial charge < -0.3 is 50.2 Å². The molecule has 6 atom stereocenters. The van der Waals surface area contributed by atoms with E-state index in [0.717, 1.165) is 26.1 Å². The minimum Gasteiger partial charge on any atom is -0.507 e. The monoisotopic (exact) mass is 644 g/mol. The molecular weight excluding hydrogens is 604 g/mol. The third-order valence-electron chi connectivity index (χ3n) is 9.27. The van der Waals surface area contributed by atoms with Crippen LogP contribution in [0.1, 0.15) is 68.8 Å². The molecule has 0 amide bonds. The van der Waals surface area contributed by atoms with E-state index in [2.05, 4.69) is 4.90 Å². The highest BCUT2D eigenvalue weighted by Gasteiger charge is 2.48. The summed E-state index contributed by atoms with van der Waals surface area (Å²) in [5.41, 5.74) is 1.88. The number of ketones is 3. The maximum Gasteiger partial charge on any atom is 0.202 e. The molecule has 14 nitrogen and oxygen atoms in total. The molecule has 250 valence electrons. The van der Waals surface area contributed by atoms with Crippen molar-refractivity contribution < 1.29 is 58.9 Å². The molecule has 2 aliphatic heterocycles. The van der Waals surface area contributed by atoms with Crippen molar-refractivity contribution >= 4 is 17.3 Å². The summed E-state index contributed by atoms with van der Waals surface area (Å²) in [6.45, 7) is 4.39. The molecule has 2 fully saturated rings. The van der Waals surface area contributed by atoms with Gasteiger partial charge in [-0.25, -0.2) is 0 Å². The van der Waals surface area contributed by atoms with Crippen LogP contribution in [0.3, 0.4) is 0 Å². The molecule has 6 rings (SSSR count). The number of hydrogen-bond acceptors (Lipinski definition) is 14. The summed E-state index contributed by atoms with van der Waals surface area (Å²) < 4.78 is 21.2. The van der Waals surface area contributed by atoms with Crippen molar-refractivity contribution in [2.45, 2.75) is 62.4 Å². The summed E-state index contributed by atoms with van der Waals surface area (Å²) in [6, 6.07) is 4.55. The van der Waals surface area contributed by atoms with E-state index in [9.17, 15) is 39.9 Å². The number of Topliss-reactive ketones (excluding diaryl/α,β-unsaturated/α-hetero) is 1. The van der Waals surface area contributed by atoms with Crippen LogP contribution in [0.2, 0.25) is 0 Å². The Balaban J connectivity index is 0.000000219. The fraction of sp³-hybridized carbons (Fsp3) is 0.531. The number of phenolic OH excluding ortho intramolecular Hbond substituents is 2. The molecule has 2 aromatic rings. The van der Waals surface area contributed by atoms with Crippen LogP contribution in [0.4, 0.5) is 0 Å². The van der Waals surface area contributed by atoms with E-state index in [4.69, 9.17) is 24.7 Å². The van der Waals surface area contributed by atoms with Gasteiger partial charge in [0.15, 0.2) is 17.9 Å². The van der Waals surface area contributed by atoms with Gasteiger partial charge in [-0.3, -0.25) is 19.3 Å². The summed E-state index contributed by atoms with van der Waals surface area (Å²) >= 11 is 0. The van der Waals surface area contributed by atoms with E-state index < -0.39 is 77.2 Å². The molecule has 14 heteroatoms. The minimum atomic E-state index is -2.08. The van der Waals surface area contributed by atoms with Crippen LogP contribution in [0.15, 0.2) is 18.2 Å². The predicted octanol–water partition coefficient (Wildman–Crippen LogP) is -0.0503. The zero-order valence-electron chi connectivity index (χ0n) is 25.9. The lowest BCUT2D eigenvalue weighted by molar-refractivity contribution is -0.190. The van der Waals surface area contributed by atoms with Gasteiger partial charge in [0.2, 0.25) is 5.78 Å². The number of aliphatic hydroxyl groups is 3. The van der Waals surface area contributed by atoms with E-state index in [1.807, 2.05) is 6.92 Å². The number of rotatable bonds is 5. The second kappa shape index (κ2) is 13.3. The van der Waals surface area contributed by atoms with Crippen LogP contribution in [0.25, 0.3) is 0 Å². The molecule has 46 heavy (non-hydrogen) atoms. The van der Waals surface area contributed by atoms with Gasteiger partial charge in [-0.15, -0.1) is 0 Å². The van der Waals surface area contributed by atoms with Crippen LogP contribution in [-0.2, 0) is 25.4 Å². The number of nitrogens with two attached hydrogens (primary N) is 1. The van der Waals surface area contributed by atoms with Crippen molar-refractivity contribution in [3.63, 3.8) is 0 Å². The van der Waals surface area contributed by atoms with Crippen molar-refractivity contribution in [3.05, 3.63) is 51.6 Å². The summed E-state index contributed by atoms with van der Waals surface area (Å²) in [5, 5.41) is 53.0. The molecule has 2 aromatic carbocycles. The third-order valence-corrected chi connectivity index (χ3v) is 9.27. The minimum absolute atomic E-state index is 0.0221. The van der Waals surface area contributed by atoms with Gasteiger partial charge in [0.05, 0.1) is 55.3 Å². The maximum atomic E-state index is 13.2. The third kappa shape index (κ3) is 5.80. The lowest BCUT2D eigenvalue weighted by Gasteiger charge is -2.43. The van der Waals surface area contributed by atoms with Gasteiger partial charge in [0.1, 0.15) is 22.8 Å². The largest absolute Gasteiger partial charge is 0.507 e. The summed E-state index contributed by atoms with van der Waals surface area (Å²) in [4.78, 5) is 40.7. The molecular formula is C32H40N2O12. The second-order valence-electron chi connectivity index (χ2n) is 11.9. The fourth-order valence-electron chi connectivity index (χ4n) is 6.78. The SMILES string of the molecule is COC1CN(C2CCOC(C)C2O)CCO1.COc1cccc2c1C(=O)c1c(O)c3c(c(O)c1C2=O)C[C@@](O)(C(=O)CN)CC3O. The molecule has 2 aliphatic carbocycles. The average Bonchev–Trinajstić information content (AvgIpc) is 3.05. The molecule has 5 unspecified atom stereocenters. The molecule has 0 spiro atoms. The van der Waals surface area contributed by atoms with Gasteiger partial charge in [-0.05, 0) is 19.4 Å². The number of carbonyl (C=O) groups excluding carboxylic acids is 3. The molecule has 0 bridgehead atoms. The lowest BCUT2D eigenvalue weighted by atomic mass is 9.72. The molecule has 0 saturated carbocycles. The average molecular weight is 645 g/mol. The quantitative estimate of drug-likeness (QED) is 0.201. The van der Waals surface area contributed by atoms with Gasteiger partial charge in [0.25, 0.3) is 0 Å². The Morgan fingerprint density at radius 1 is 1.07 bits per heavy atom. The van der Waals surface area contributed by atoms with E-state index >= 15 is 0 Å². The zero-order valence-corrected chi connectivity index (χ0v) is 25.9. The van der Waals surface area contributed by atoms with E-state index in [1.165, 1.54) is 25.3 Å². The van der Waals surface area contributed by atoms with E-state index in [0.29, 0.717) is 6.61 Å². The predicted molar refractivity (Wildman–Crippen MR) is 160 cm³/mol. The van der Waals surface area contributed by atoms with Crippen molar-refractivity contribution in [2.24, 2.45) is 5.73 Å². The Kier molecular flexibility index (Phi) is 9.82. The van der Waals surface area contributed by atoms with Gasteiger partial charge >= 0.3 is 0 Å². The van der Waals surface area contributed by atoms with Crippen LogP contribution in [0, 0.1) is 0 Å². The van der Waals surface area contributed by atoms with Crippen molar-refractivity contribution in [1.29, 1.82) is 0 Å². The fourth-order valence-corrected chi connectivity index (χ4v) is 6.78. The topological polar surface area (TPSA) is 219 Å². The van der Waals surface area contributed by atoms with Gasteiger partial charge in [-0.2, -0.15) is 0 Å². The number of ether oxygens (including phenoxy) is 4. The molecule has 7 N–H and O–H groups in total. The van der Waals surface area contributed by atoms with Gasteiger partial charge in [-0.1, -0.05) is 12.1 Å². The molecule has 0 aromatic heterocycles. The smallest absolute Gasteiger partial charge is 0.202 e. The highest BCUT2D eigenvalue weighted by atomic mass is 16.7. The standard InChI is InChI=1S/C21H19NO8.C11H21NO4/c1-30-11-4-2-3-8-14(11)20(28)16-15(17(8)25)18(26)9-5-21(29,12(24)7-22)6-10(23)13(9)19(16)27;1-8-11(13)9(3-5-15-8)12-4-6-16-10(7-12)14-2/h2-4,10,23,26-27,29H,5-7,22H2,1H3;8-11,13H,3-7H2,1-2H3/t10?,21-;/m0./s1. The summed E-state index contributed by atoms with van der Waals surface area (Å²) in [5.74, 6) is -3.48. The summed E-state index contributed by atoms with van der Waals surface area (Å²) in [6.07, 6.45) is -2.32. The van der Waals surface area contributed by atoms with Crippen LogP contribution in [-0.4, -0.2) is 125 Å². The van der Waals surface area contributed by atoms with Crippen LogP contribution in [0.5, 0.6) is 17.2 Å². The van der Waals surface area contributed by atoms with Crippen molar-refractivity contribution in [3.8, 4) is 17.2 Å². The number of benzene rings is 2. The number of morpholine rings is 1. The Bertz CT molecular complexity index is 1530. The first-order valence-electron chi connectivity index (χ1n) is 15.1. The Labute approximate surface area is 265 Å². The van der Waals surface area contributed by atoms with Crippen molar-refractivity contribution in [1.82, 2.24) is 4.90 Å². The molecule has 4 aliphatic rings. The van der Waals surface area contributed by atoms with Crippen LogP contribution < -0.4 is 10.5 Å². The second-order valence-corrected chi connectivity index (χ2v) is 11.9. The first-order valence-corrected chi connectivity index (χ1v) is 15.1. The number of aliphatic hydroxyl groups excluding tert-OH is 2. The zero-order chi connectivity index (χ0) is 33.5. The van der Waals surface area contributed by atoms with E-state index in [1.54, 1.807) is 7.11 Å². The number of phenols is 2. The number of fused-ring (bicyclic) bond motifs is 3. The first kappa shape index (κ1) is 33.9. The number of aromatic hydroxyl groups is 2.